The van der Waals surface area contributed by atoms with Crippen LogP contribution in [0, 0.1) is 12.8 Å². The van der Waals surface area contributed by atoms with Crippen LogP contribution in [0.1, 0.15) is 35.6 Å². The number of amides is 2. The van der Waals surface area contributed by atoms with E-state index in [4.69, 9.17) is 0 Å². The topological polar surface area (TPSA) is 71.1 Å². The lowest BCUT2D eigenvalue weighted by molar-refractivity contribution is -0.119. The summed E-state index contributed by atoms with van der Waals surface area (Å²) in [5.41, 5.74) is 2.17. The molecule has 1 aromatic heterocycles. The number of carbonyl (C=O) groups is 2. The van der Waals surface area contributed by atoms with Crippen molar-refractivity contribution in [2.45, 2.75) is 33.2 Å². The maximum Gasteiger partial charge on any atom is 0.251 e. The molecule has 2 aromatic carbocycles. The monoisotopic (exact) mass is 381 g/mol. The maximum atomic E-state index is 12.9. The van der Waals surface area contributed by atoms with Gasteiger partial charge in [-0.3, -0.25) is 9.59 Å². The molecule has 0 saturated carbocycles. The highest BCUT2D eigenvalue weighted by Crippen LogP contribution is 2.25. The summed E-state index contributed by atoms with van der Waals surface area (Å²) in [6.45, 7) is 5.93. The summed E-state index contributed by atoms with van der Waals surface area (Å²) < 4.78 is 1.03. The van der Waals surface area contributed by atoms with Gasteiger partial charge in [-0.1, -0.05) is 38.5 Å². The molecule has 2 amide bonds. The van der Waals surface area contributed by atoms with Crippen molar-refractivity contribution < 1.29 is 9.59 Å². The molecule has 0 aliphatic heterocycles. The number of hydrogen-bond acceptors (Lipinski definition) is 4. The molecular formula is C21H23N3O2S. The number of carbonyl (C=O) groups excluding carboxylic acids is 2. The predicted octanol–water partition coefficient (Wildman–Crippen LogP) is 4.39. The van der Waals surface area contributed by atoms with Crippen LogP contribution in [0.5, 0.6) is 0 Å². The number of rotatable bonds is 6. The molecule has 0 radical (unpaired) electrons. The number of aromatic nitrogens is 1. The zero-order valence-corrected chi connectivity index (χ0v) is 16.5. The number of thiazole rings is 1. The molecule has 0 aliphatic rings. The van der Waals surface area contributed by atoms with Crippen molar-refractivity contribution in [3.63, 3.8) is 0 Å². The second kappa shape index (κ2) is 8.31. The Morgan fingerprint density at radius 2 is 1.89 bits per heavy atom. The summed E-state index contributed by atoms with van der Waals surface area (Å²) in [6, 6.07) is 14.0. The van der Waals surface area contributed by atoms with Crippen molar-refractivity contribution in [3.05, 3.63) is 59.1 Å². The summed E-state index contributed by atoms with van der Waals surface area (Å²) in [5.74, 6) is -0.453. The van der Waals surface area contributed by atoms with E-state index in [-0.39, 0.29) is 17.7 Å². The van der Waals surface area contributed by atoms with Crippen LogP contribution in [0.4, 0.5) is 5.69 Å². The van der Waals surface area contributed by atoms with Gasteiger partial charge in [0.1, 0.15) is 6.04 Å². The van der Waals surface area contributed by atoms with Gasteiger partial charge in [-0.15, -0.1) is 11.3 Å². The van der Waals surface area contributed by atoms with Gasteiger partial charge in [-0.25, -0.2) is 4.98 Å². The normalized spacial score (nSPS) is 13.1. The van der Waals surface area contributed by atoms with Gasteiger partial charge in [0, 0.05) is 11.3 Å². The lowest BCUT2D eigenvalue weighted by Crippen LogP contribution is -2.47. The number of nitrogens with one attached hydrogen (secondary N) is 2. The average molecular weight is 382 g/mol. The number of hydrogen-bond donors (Lipinski definition) is 2. The van der Waals surface area contributed by atoms with Crippen LogP contribution in [-0.2, 0) is 4.79 Å². The Morgan fingerprint density at radius 3 is 2.59 bits per heavy atom. The highest BCUT2D eigenvalue weighted by Gasteiger charge is 2.26. The Hall–Kier alpha value is -2.73. The zero-order valence-electron chi connectivity index (χ0n) is 15.7. The smallest absolute Gasteiger partial charge is 0.251 e. The number of nitrogens with zero attached hydrogens (tertiary/aromatic N) is 1. The van der Waals surface area contributed by atoms with Crippen molar-refractivity contribution in [1.29, 1.82) is 0 Å². The average Bonchev–Trinajstić information content (AvgIpc) is 3.05. The third-order valence-electron chi connectivity index (χ3n) is 4.58. The van der Waals surface area contributed by atoms with Gasteiger partial charge in [-0.2, -0.15) is 0 Å². The van der Waals surface area contributed by atoms with E-state index in [1.54, 1.807) is 35.6 Å². The molecule has 6 heteroatoms. The Bertz CT molecular complexity index is 952. The van der Waals surface area contributed by atoms with Crippen molar-refractivity contribution in [1.82, 2.24) is 10.3 Å². The van der Waals surface area contributed by atoms with Crippen LogP contribution in [-0.4, -0.2) is 22.8 Å². The van der Waals surface area contributed by atoms with E-state index in [2.05, 4.69) is 15.6 Å². The predicted molar refractivity (Wildman–Crippen MR) is 110 cm³/mol. The van der Waals surface area contributed by atoms with Crippen LogP contribution in [0.2, 0.25) is 0 Å². The molecule has 5 nitrogen and oxygen atoms in total. The number of benzene rings is 2. The first-order chi connectivity index (χ1) is 13.0. The van der Waals surface area contributed by atoms with Crippen molar-refractivity contribution in [2.24, 2.45) is 5.92 Å². The second-order valence-electron chi connectivity index (χ2n) is 6.61. The van der Waals surface area contributed by atoms with Crippen molar-refractivity contribution in [2.75, 3.05) is 5.32 Å². The largest absolute Gasteiger partial charge is 0.340 e. The molecule has 3 aromatic rings. The highest BCUT2D eigenvalue weighted by atomic mass is 32.1. The summed E-state index contributed by atoms with van der Waals surface area (Å²) in [4.78, 5) is 29.8. The number of fused-ring (bicyclic) bond motifs is 1. The summed E-state index contributed by atoms with van der Waals surface area (Å²) >= 11 is 1.59. The molecule has 0 aliphatic carbocycles. The van der Waals surface area contributed by atoms with Gasteiger partial charge in [0.25, 0.3) is 5.91 Å². The highest BCUT2D eigenvalue weighted by molar-refractivity contribution is 7.18. The fourth-order valence-corrected chi connectivity index (χ4v) is 3.72. The zero-order chi connectivity index (χ0) is 19.4. The third kappa shape index (κ3) is 4.52. The van der Waals surface area contributed by atoms with E-state index in [1.165, 1.54) is 0 Å². The van der Waals surface area contributed by atoms with E-state index >= 15 is 0 Å². The van der Waals surface area contributed by atoms with Crippen LogP contribution < -0.4 is 10.6 Å². The number of aryl methyl sites for hydroxylation is 1. The molecule has 0 bridgehead atoms. The molecule has 0 fully saturated rings. The minimum absolute atomic E-state index is 0.00652. The van der Waals surface area contributed by atoms with Gasteiger partial charge in [0.15, 0.2) is 0 Å². The molecule has 27 heavy (non-hydrogen) atoms. The SMILES string of the molecule is CC[C@H](C)[C@H](NC(=O)c1ccccc1)C(=O)Nc1ccc2nc(C)sc2c1. The Balaban J connectivity index is 1.77. The fraction of sp³-hybridized carbons (Fsp3) is 0.286. The molecular weight excluding hydrogens is 358 g/mol. The molecule has 0 unspecified atom stereocenters. The molecule has 140 valence electrons. The molecule has 0 saturated heterocycles. The first-order valence-electron chi connectivity index (χ1n) is 9.02. The lowest BCUT2D eigenvalue weighted by Gasteiger charge is -2.23. The second-order valence-corrected chi connectivity index (χ2v) is 7.84. The van der Waals surface area contributed by atoms with Gasteiger partial charge in [0.05, 0.1) is 15.2 Å². The van der Waals surface area contributed by atoms with Gasteiger partial charge < -0.3 is 10.6 Å². The van der Waals surface area contributed by atoms with E-state index in [0.29, 0.717) is 11.3 Å². The Kier molecular flexibility index (Phi) is 5.86. The summed E-state index contributed by atoms with van der Waals surface area (Å²) in [5, 5.41) is 6.81. The first kappa shape index (κ1) is 19.0. The fourth-order valence-electron chi connectivity index (χ4n) is 2.85. The standard InChI is InChI=1S/C21H23N3O2S/c1-4-13(2)19(24-20(25)15-8-6-5-7-9-15)21(26)23-16-10-11-17-18(12-16)27-14(3)22-17/h5-13,19H,4H2,1-3H3,(H,23,26)(H,24,25)/t13-,19-/m0/s1. The summed E-state index contributed by atoms with van der Waals surface area (Å²) in [6.07, 6.45) is 0.778. The van der Waals surface area contributed by atoms with Crippen LogP contribution in [0.15, 0.2) is 48.5 Å². The summed E-state index contributed by atoms with van der Waals surface area (Å²) in [7, 11) is 0. The third-order valence-corrected chi connectivity index (χ3v) is 5.51. The molecule has 3 rings (SSSR count). The first-order valence-corrected chi connectivity index (χ1v) is 9.83. The Labute approximate surface area is 162 Å². The van der Waals surface area contributed by atoms with Crippen molar-refractivity contribution >= 4 is 39.1 Å². The van der Waals surface area contributed by atoms with Gasteiger partial charge >= 0.3 is 0 Å². The van der Waals surface area contributed by atoms with Crippen LogP contribution >= 0.6 is 11.3 Å². The maximum absolute atomic E-state index is 12.9. The Morgan fingerprint density at radius 1 is 1.15 bits per heavy atom. The molecule has 2 N–H and O–H groups in total. The van der Waals surface area contributed by atoms with Crippen LogP contribution in [0.3, 0.4) is 0 Å². The van der Waals surface area contributed by atoms with E-state index in [1.807, 2.05) is 45.0 Å². The van der Waals surface area contributed by atoms with E-state index in [9.17, 15) is 9.59 Å². The van der Waals surface area contributed by atoms with Gasteiger partial charge in [-0.05, 0) is 43.2 Å². The minimum Gasteiger partial charge on any atom is -0.340 e. The molecule has 2 atom stereocenters. The minimum atomic E-state index is -0.610. The quantitative estimate of drug-likeness (QED) is 0.665. The molecule has 0 spiro atoms. The molecule has 1 heterocycles. The number of anilines is 1. The lowest BCUT2D eigenvalue weighted by atomic mass is 9.97. The van der Waals surface area contributed by atoms with E-state index in [0.717, 1.165) is 21.6 Å². The van der Waals surface area contributed by atoms with Gasteiger partial charge in [0.2, 0.25) is 5.91 Å². The van der Waals surface area contributed by atoms with Crippen molar-refractivity contribution in [3.8, 4) is 0 Å². The van der Waals surface area contributed by atoms with E-state index < -0.39 is 6.04 Å². The van der Waals surface area contributed by atoms with Crippen LogP contribution in [0.25, 0.3) is 10.2 Å².